The van der Waals surface area contributed by atoms with Crippen LogP contribution in [0.4, 0.5) is 0 Å². The van der Waals surface area contributed by atoms with E-state index in [2.05, 4.69) is 109 Å². The van der Waals surface area contributed by atoms with Crippen LogP contribution in [0.2, 0.25) is 0 Å². The normalized spacial score (nSPS) is 14.5. The number of halogens is 1. The standard InChI is InChI=1S/C24H19Br/c1-16-7-6-8-17(2)22(16)13-19-14-23(18-9-4-3-5-10-18)21-12-11-20(25)15-24(19)21/h3-15H,1-2H3/b19-13+. The maximum atomic E-state index is 3.63. The molecule has 122 valence electrons. The van der Waals surface area contributed by atoms with Crippen LogP contribution in [0.15, 0.2) is 77.3 Å². The largest absolute Gasteiger partial charge is 0.0622 e. The first-order chi connectivity index (χ1) is 12.1. The maximum Gasteiger partial charge on any atom is 0.0181 e. The van der Waals surface area contributed by atoms with Crippen molar-refractivity contribution in [2.75, 3.05) is 0 Å². The maximum absolute atomic E-state index is 3.63. The fraction of sp³-hybridized carbons (Fsp3) is 0.0833. The van der Waals surface area contributed by atoms with Gasteiger partial charge < -0.3 is 0 Å². The average molecular weight is 387 g/mol. The zero-order valence-corrected chi connectivity index (χ0v) is 16.0. The molecule has 0 aromatic heterocycles. The number of allylic oxidation sites excluding steroid dienone is 2. The summed E-state index contributed by atoms with van der Waals surface area (Å²) >= 11 is 3.63. The zero-order chi connectivity index (χ0) is 17.4. The Morgan fingerprint density at radius 1 is 0.760 bits per heavy atom. The molecule has 1 heteroatoms. The van der Waals surface area contributed by atoms with Crippen LogP contribution in [-0.4, -0.2) is 0 Å². The molecule has 0 atom stereocenters. The fourth-order valence-electron chi connectivity index (χ4n) is 3.49. The minimum Gasteiger partial charge on any atom is -0.0622 e. The second kappa shape index (κ2) is 6.50. The Morgan fingerprint density at radius 2 is 1.48 bits per heavy atom. The van der Waals surface area contributed by atoms with Gasteiger partial charge in [-0.25, -0.2) is 0 Å². The number of hydrogen-bond acceptors (Lipinski definition) is 0. The predicted octanol–water partition coefficient (Wildman–Crippen LogP) is 7.05. The third-order valence-electron chi connectivity index (χ3n) is 4.81. The Hall–Kier alpha value is -2.38. The molecule has 0 spiro atoms. The highest BCUT2D eigenvalue weighted by Crippen LogP contribution is 2.41. The predicted molar refractivity (Wildman–Crippen MR) is 111 cm³/mol. The average Bonchev–Trinajstić information content (AvgIpc) is 2.97. The molecule has 4 rings (SSSR count). The van der Waals surface area contributed by atoms with E-state index in [9.17, 15) is 0 Å². The van der Waals surface area contributed by atoms with Gasteiger partial charge >= 0.3 is 0 Å². The molecule has 0 unspecified atom stereocenters. The molecule has 0 heterocycles. The highest BCUT2D eigenvalue weighted by Gasteiger charge is 2.20. The number of rotatable bonds is 2. The Balaban J connectivity index is 1.93. The SMILES string of the molecule is Cc1cccc(C)c1/C=C1\C=C(c2ccccc2)c2ccc(Br)cc21. The Bertz CT molecular complexity index is 987. The van der Waals surface area contributed by atoms with Crippen molar-refractivity contribution >= 4 is 33.2 Å². The van der Waals surface area contributed by atoms with Crippen molar-refractivity contribution in [3.05, 3.63) is 111 Å². The molecule has 0 radical (unpaired) electrons. The first-order valence-corrected chi connectivity index (χ1v) is 9.28. The van der Waals surface area contributed by atoms with E-state index in [0.29, 0.717) is 0 Å². The van der Waals surface area contributed by atoms with Crippen molar-refractivity contribution in [1.82, 2.24) is 0 Å². The molecule has 0 amide bonds. The summed E-state index contributed by atoms with van der Waals surface area (Å²) in [6, 6.07) is 23.7. The van der Waals surface area contributed by atoms with Gasteiger partial charge in [0.05, 0.1) is 0 Å². The molecule has 0 saturated heterocycles. The number of aryl methyl sites for hydroxylation is 2. The van der Waals surface area contributed by atoms with Crippen LogP contribution in [-0.2, 0) is 0 Å². The molecule has 0 bridgehead atoms. The summed E-state index contributed by atoms with van der Waals surface area (Å²) in [5.74, 6) is 0. The second-order valence-corrected chi connectivity index (χ2v) is 7.43. The van der Waals surface area contributed by atoms with Crippen molar-refractivity contribution in [1.29, 1.82) is 0 Å². The third kappa shape index (κ3) is 3.01. The van der Waals surface area contributed by atoms with Crippen LogP contribution in [0.3, 0.4) is 0 Å². The molecule has 0 N–H and O–H groups in total. The second-order valence-electron chi connectivity index (χ2n) is 6.52. The van der Waals surface area contributed by atoms with E-state index in [0.717, 1.165) is 4.47 Å². The fourth-order valence-corrected chi connectivity index (χ4v) is 3.85. The van der Waals surface area contributed by atoms with Gasteiger partial charge in [0.15, 0.2) is 0 Å². The first-order valence-electron chi connectivity index (χ1n) is 8.49. The van der Waals surface area contributed by atoms with E-state index in [1.807, 2.05) is 0 Å². The van der Waals surface area contributed by atoms with Gasteiger partial charge in [-0.3, -0.25) is 0 Å². The van der Waals surface area contributed by atoms with Crippen molar-refractivity contribution < 1.29 is 0 Å². The lowest BCUT2D eigenvalue weighted by atomic mass is 9.97. The van der Waals surface area contributed by atoms with Crippen LogP contribution >= 0.6 is 15.9 Å². The Morgan fingerprint density at radius 3 is 2.20 bits per heavy atom. The molecule has 0 nitrogen and oxygen atoms in total. The van der Waals surface area contributed by atoms with Crippen molar-refractivity contribution in [3.8, 4) is 0 Å². The van der Waals surface area contributed by atoms with Crippen molar-refractivity contribution in [2.24, 2.45) is 0 Å². The molecule has 3 aromatic rings. The minimum absolute atomic E-state index is 1.11. The summed E-state index contributed by atoms with van der Waals surface area (Å²) in [6.07, 6.45) is 4.64. The van der Waals surface area contributed by atoms with Crippen molar-refractivity contribution in [3.63, 3.8) is 0 Å². The number of hydrogen-bond donors (Lipinski definition) is 0. The van der Waals surface area contributed by atoms with E-state index in [1.54, 1.807) is 0 Å². The lowest BCUT2D eigenvalue weighted by molar-refractivity contribution is 1.36. The Labute approximate surface area is 157 Å². The van der Waals surface area contributed by atoms with Gasteiger partial charge in [0.2, 0.25) is 0 Å². The molecule has 0 aliphatic heterocycles. The molecule has 1 aliphatic carbocycles. The molecule has 0 saturated carbocycles. The van der Waals surface area contributed by atoms with Crippen LogP contribution in [0.1, 0.15) is 33.4 Å². The summed E-state index contributed by atoms with van der Waals surface area (Å²) in [6.45, 7) is 4.36. The topological polar surface area (TPSA) is 0 Å². The van der Waals surface area contributed by atoms with Gasteiger partial charge in [-0.15, -0.1) is 0 Å². The van der Waals surface area contributed by atoms with E-state index in [4.69, 9.17) is 0 Å². The van der Waals surface area contributed by atoms with Gasteiger partial charge in [-0.1, -0.05) is 70.5 Å². The zero-order valence-electron chi connectivity index (χ0n) is 14.4. The third-order valence-corrected chi connectivity index (χ3v) is 5.30. The van der Waals surface area contributed by atoms with Gasteiger partial charge in [0, 0.05) is 4.47 Å². The van der Waals surface area contributed by atoms with E-state index in [1.165, 1.54) is 44.5 Å². The lowest BCUT2D eigenvalue weighted by Gasteiger charge is -2.08. The minimum atomic E-state index is 1.11. The molecular weight excluding hydrogens is 368 g/mol. The van der Waals surface area contributed by atoms with E-state index >= 15 is 0 Å². The van der Waals surface area contributed by atoms with Gasteiger partial charge in [-0.05, 0) is 82.7 Å². The quantitative estimate of drug-likeness (QED) is 0.442. The smallest absolute Gasteiger partial charge is 0.0181 e. The van der Waals surface area contributed by atoms with E-state index in [-0.39, 0.29) is 0 Å². The highest BCUT2D eigenvalue weighted by atomic mass is 79.9. The first kappa shape index (κ1) is 16.1. The van der Waals surface area contributed by atoms with Crippen molar-refractivity contribution in [2.45, 2.75) is 13.8 Å². The molecule has 0 fully saturated rings. The summed E-state index contributed by atoms with van der Waals surface area (Å²) in [4.78, 5) is 0. The van der Waals surface area contributed by atoms with Gasteiger partial charge in [0.25, 0.3) is 0 Å². The van der Waals surface area contributed by atoms with E-state index < -0.39 is 0 Å². The number of benzene rings is 3. The molecule has 25 heavy (non-hydrogen) atoms. The van der Waals surface area contributed by atoms with Gasteiger partial charge in [0.1, 0.15) is 0 Å². The summed E-state index contributed by atoms with van der Waals surface area (Å²) in [5, 5.41) is 0. The summed E-state index contributed by atoms with van der Waals surface area (Å²) < 4.78 is 1.11. The molecular formula is C24H19Br. The summed E-state index contributed by atoms with van der Waals surface area (Å²) in [7, 11) is 0. The summed E-state index contributed by atoms with van der Waals surface area (Å²) in [5.41, 5.74) is 10.3. The van der Waals surface area contributed by atoms with Crippen LogP contribution < -0.4 is 0 Å². The highest BCUT2D eigenvalue weighted by molar-refractivity contribution is 9.10. The number of fused-ring (bicyclic) bond motifs is 1. The molecule has 3 aromatic carbocycles. The van der Waals surface area contributed by atoms with Crippen LogP contribution in [0.5, 0.6) is 0 Å². The molecule has 1 aliphatic rings. The monoisotopic (exact) mass is 386 g/mol. The lowest BCUT2D eigenvalue weighted by Crippen LogP contribution is -1.88. The van der Waals surface area contributed by atoms with Crippen LogP contribution in [0, 0.1) is 13.8 Å². The van der Waals surface area contributed by atoms with Crippen LogP contribution in [0.25, 0.3) is 17.2 Å². The Kier molecular flexibility index (Phi) is 4.19. The van der Waals surface area contributed by atoms with Gasteiger partial charge in [-0.2, -0.15) is 0 Å².